The summed E-state index contributed by atoms with van der Waals surface area (Å²) in [6.07, 6.45) is 3.48. The van der Waals surface area contributed by atoms with Crippen LogP contribution in [0.2, 0.25) is 0 Å². The number of aromatic hydroxyl groups is 1. The van der Waals surface area contributed by atoms with E-state index in [1.54, 1.807) is 12.1 Å². The van der Waals surface area contributed by atoms with Crippen molar-refractivity contribution >= 4 is 23.7 Å². The average Bonchev–Trinajstić information content (AvgIpc) is 2.88. The molecule has 0 fully saturated rings. The molecule has 0 heterocycles. The molecule has 11 N–H and O–H groups in total. The molecule has 0 radical (unpaired) electrons. The monoisotopic (exact) mass is 550 g/mol. The van der Waals surface area contributed by atoms with Crippen LogP contribution in [0.5, 0.6) is 5.75 Å². The summed E-state index contributed by atoms with van der Waals surface area (Å²) in [5.41, 5.74) is 17.6. The lowest BCUT2D eigenvalue weighted by Crippen LogP contribution is -2.57. The highest BCUT2D eigenvalue weighted by Crippen LogP contribution is 2.13. The van der Waals surface area contributed by atoms with Crippen molar-refractivity contribution in [3.63, 3.8) is 0 Å². The molecule has 3 amide bonds. The largest absolute Gasteiger partial charge is 0.508 e. The number of carbonyl (C=O) groups excluding carboxylic acids is 3. The molecule has 1 aromatic rings. The number of carboxylic acids is 1. The molecule has 0 aliphatic carbocycles. The van der Waals surface area contributed by atoms with Crippen LogP contribution in [-0.4, -0.2) is 71.2 Å². The molecule has 0 aliphatic heterocycles. The molecular weight excluding hydrogens is 504 g/mol. The summed E-state index contributed by atoms with van der Waals surface area (Å²) in [6.45, 7) is 4.69. The van der Waals surface area contributed by atoms with Crippen LogP contribution in [0.1, 0.15) is 64.4 Å². The van der Waals surface area contributed by atoms with Gasteiger partial charge in [-0.05, 0) is 75.2 Å². The van der Waals surface area contributed by atoms with E-state index in [0.29, 0.717) is 50.8 Å². The molecule has 4 atom stereocenters. The minimum atomic E-state index is -1.19. The third-order valence-corrected chi connectivity index (χ3v) is 6.22. The van der Waals surface area contributed by atoms with Gasteiger partial charge in [0.25, 0.3) is 0 Å². The molecule has 1 rings (SSSR count). The zero-order valence-corrected chi connectivity index (χ0v) is 23.0. The maximum absolute atomic E-state index is 13.4. The number of aliphatic carboxylic acids is 1. The van der Waals surface area contributed by atoms with Crippen LogP contribution in [0, 0.1) is 5.92 Å². The van der Waals surface area contributed by atoms with Crippen molar-refractivity contribution in [2.45, 2.75) is 89.4 Å². The fraction of sp³-hybridized carbons (Fsp3) is 0.630. The number of hydrogen-bond donors (Lipinski definition) is 8. The first-order valence-corrected chi connectivity index (χ1v) is 13.6. The van der Waals surface area contributed by atoms with Gasteiger partial charge in [0.2, 0.25) is 17.7 Å². The van der Waals surface area contributed by atoms with Gasteiger partial charge in [-0.3, -0.25) is 14.4 Å². The van der Waals surface area contributed by atoms with Crippen molar-refractivity contribution in [2.24, 2.45) is 23.1 Å². The smallest absolute Gasteiger partial charge is 0.326 e. The number of nitrogens with one attached hydrogen (secondary N) is 3. The highest BCUT2D eigenvalue weighted by Gasteiger charge is 2.30. The van der Waals surface area contributed by atoms with Crippen LogP contribution in [-0.2, 0) is 25.6 Å². The van der Waals surface area contributed by atoms with Crippen molar-refractivity contribution in [2.75, 3.05) is 13.1 Å². The molecule has 220 valence electrons. The Hall–Kier alpha value is -3.22. The van der Waals surface area contributed by atoms with E-state index in [2.05, 4.69) is 16.0 Å². The number of phenols is 1. The van der Waals surface area contributed by atoms with Crippen molar-refractivity contribution in [1.82, 2.24) is 16.0 Å². The van der Waals surface area contributed by atoms with E-state index >= 15 is 0 Å². The Bertz CT molecular complexity index is 911. The van der Waals surface area contributed by atoms with Crippen molar-refractivity contribution < 1.29 is 29.4 Å². The van der Waals surface area contributed by atoms with Crippen molar-refractivity contribution in [3.8, 4) is 5.75 Å². The number of amides is 3. The molecule has 0 bridgehead atoms. The zero-order valence-electron chi connectivity index (χ0n) is 23.0. The standard InChI is InChI=1S/C27H46N6O6/c1-17(2)15-22(32-24(35)20(30)7-3-5-13-28)25(36)33-23(16-18-9-11-19(34)12-10-18)26(37)31-21(27(38)39)8-4-6-14-29/h9-12,17,20-23,34H,3-8,13-16,28-30H2,1-2H3,(H,31,37)(H,32,35)(H,33,36)(H,38,39). The van der Waals surface area contributed by atoms with Gasteiger partial charge in [0.05, 0.1) is 6.04 Å². The van der Waals surface area contributed by atoms with Crippen LogP contribution in [0.25, 0.3) is 0 Å². The number of carbonyl (C=O) groups is 4. The van der Waals surface area contributed by atoms with E-state index in [1.807, 2.05) is 13.8 Å². The Kier molecular flexibility index (Phi) is 15.7. The van der Waals surface area contributed by atoms with E-state index in [1.165, 1.54) is 12.1 Å². The molecule has 1 aromatic carbocycles. The van der Waals surface area contributed by atoms with Gasteiger partial charge in [-0.1, -0.05) is 32.4 Å². The molecule has 0 spiro atoms. The van der Waals surface area contributed by atoms with E-state index in [-0.39, 0.29) is 24.5 Å². The summed E-state index contributed by atoms with van der Waals surface area (Å²) in [6, 6.07) is 2.06. The lowest BCUT2D eigenvalue weighted by atomic mass is 10.00. The van der Waals surface area contributed by atoms with Gasteiger partial charge in [-0.2, -0.15) is 0 Å². The Balaban J connectivity index is 3.09. The van der Waals surface area contributed by atoms with Crippen LogP contribution in [0.15, 0.2) is 24.3 Å². The number of nitrogens with two attached hydrogens (primary N) is 3. The summed E-state index contributed by atoms with van der Waals surface area (Å²) >= 11 is 0. The number of unbranched alkanes of at least 4 members (excludes halogenated alkanes) is 2. The van der Waals surface area contributed by atoms with E-state index < -0.39 is 47.9 Å². The quantitative estimate of drug-likeness (QED) is 0.109. The van der Waals surface area contributed by atoms with Gasteiger partial charge >= 0.3 is 5.97 Å². The minimum absolute atomic E-state index is 0.0357. The summed E-state index contributed by atoms with van der Waals surface area (Å²) in [5.74, 6) is -2.85. The number of phenolic OH excluding ortho intramolecular Hbond substituents is 1. The second-order valence-corrected chi connectivity index (χ2v) is 10.2. The summed E-state index contributed by atoms with van der Waals surface area (Å²) in [4.78, 5) is 51.0. The SMILES string of the molecule is CC(C)CC(NC(=O)C(N)CCCCN)C(=O)NC(Cc1ccc(O)cc1)C(=O)NC(CCCCN)C(=O)O. The summed E-state index contributed by atoms with van der Waals surface area (Å²) in [7, 11) is 0. The average molecular weight is 551 g/mol. The predicted octanol–water partition coefficient (Wildman–Crippen LogP) is 0.105. The molecular formula is C27H46N6O6. The number of carboxylic acid groups (broad SMARTS) is 1. The Morgan fingerprint density at radius 3 is 1.82 bits per heavy atom. The minimum Gasteiger partial charge on any atom is -0.508 e. The third kappa shape index (κ3) is 13.4. The summed E-state index contributed by atoms with van der Waals surface area (Å²) in [5, 5.41) is 27.1. The molecule has 0 aliphatic rings. The first-order chi connectivity index (χ1) is 18.5. The van der Waals surface area contributed by atoms with Crippen molar-refractivity contribution in [1.29, 1.82) is 0 Å². The zero-order chi connectivity index (χ0) is 29.4. The van der Waals surface area contributed by atoms with Crippen molar-refractivity contribution in [3.05, 3.63) is 29.8 Å². The van der Waals surface area contributed by atoms with E-state index in [9.17, 15) is 29.4 Å². The Morgan fingerprint density at radius 2 is 1.28 bits per heavy atom. The van der Waals surface area contributed by atoms with Crippen LogP contribution >= 0.6 is 0 Å². The van der Waals surface area contributed by atoms with Gasteiger partial charge in [0.1, 0.15) is 23.9 Å². The lowest BCUT2D eigenvalue weighted by molar-refractivity contribution is -0.142. The normalized spacial score (nSPS) is 14.2. The lowest BCUT2D eigenvalue weighted by Gasteiger charge is -2.26. The topological polar surface area (TPSA) is 223 Å². The van der Waals surface area contributed by atoms with Gasteiger partial charge in [0.15, 0.2) is 0 Å². The molecule has 4 unspecified atom stereocenters. The second kappa shape index (κ2) is 18.1. The predicted molar refractivity (Wildman–Crippen MR) is 148 cm³/mol. The number of benzene rings is 1. The fourth-order valence-electron chi connectivity index (χ4n) is 3.99. The molecule has 0 aromatic heterocycles. The number of rotatable bonds is 19. The van der Waals surface area contributed by atoms with Crippen LogP contribution in [0.3, 0.4) is 0 Å². The Labute approximate surface area is 230 Å². The van der Waals surface area contributed by atoms with Gasteiger partial charge < -0.3 is 43.4 Å². The first-order valence-electron chi connectivity index (χ1n) is 13.6. The molecule has 39 heavy (non-hydrogen) atoms. The van der Waals surface area contributed by atoms with Crippen LogP contribution < -0.4 is 33.2 Å². The highest BCUT2D eigenvalue weighted by atomic mass is 16.4. The Morgan fingerprint density at radius 1 is 0.769 bits per heavy atom. The van der Waals surface area contributed by atoms with Gasteiger partial charge in [0, 0.05) is 6.42 Å². The molecule has 0 saturated carbocycles. The van der Waals surface area contributed by atoms with E-state index in [4.69, 9.17) is 17.2 Å². The molecule has 12 nitrogen and oxygen atoms in total. The maximum atomic E-state index is 13.4. The summed E-state index contributed by atoms with van der Waals surface area (Å²) < 4.78 is 0. The highest BCUT2D eigenvalue weighted by molar-refractivity contribution is 5.94. The van der Waals surface area contributed by atoms with E-state index in [0.717, 1.165) is 6.42 Å². The number of hydrogen-bond acceptors (Lipinski definition) is 8. The fourth-order valence-corrected chi connectivity index (χ4v) is 3.99. The molecule has 0 saturated heterocycles. The van der Waals surface area contributed by atoms with Gasteiger partial charge in [-0.25, -0.2) is 4.79 Å². The third-order valence-electron chi connectivity index (χ3n) is 6.22. The van der Waals surface area contributed by atoms with Gasteiger partial charge in [-0.15, -0.1) is 0 Å². The molecule has 12 heteroatoms. The van der Waals surface area contributed by atoms with Crippen LogP contribution in [0.4, 0.5) is 0 Å². The second-order valence-electron chi connectivity index (χ2n) is 10.2. The first kappa shape index (κ1) is 33.8. The maximum Gasteiger partial charge on any atom is 0.326 e.